The molecule has 0 aromatic heterocycles. The molecule has 8 heteroatoms. The number of carbonyl (C=O) groups is 1. The number of methoxy groups -OCH3 is 1. The Morgan fingerprint density at radius 2 is 1.87 bits per heavy atom. The molecule has 2 atom stereocenters. The fourth-order valence-corrected chi connectivity index (χ4v) is 6.08. The van der Waals surface area contributed by atoms with E-state index in [2.05, 4.69) is 53.1 Å². The van der Waals surface area contributed by atoms with Crippen molar-refractivity contribution in [2.24, 2.45) is 0 Å². The Balaban J connectivity index is 1.16. The minimum Gasteiger partial charge on any atom is -0.496 e. The van der Waals surface area contributed by atoms with Gasteiger partial charge >= 0.3 is 6.09 Å². The molecule has 8 nitrogen and oxygen atoms in total. The monoisotopic (exact) mass is 615 g/mol. The van der Waals surface area contributed by atoms with Gasteiger partial charge in [0.25, 0.3) is 0 Å². The molecule has 5 rings (SSSR count). The highest BCUT2D eigenvalue weighted by Crippen LogP contribution is 2.31. The maximum atomic E-state index is 13.0. The molecule has 0 aliphatic carbocycles. The number of anilines is 1. The first kappa shape index (κ1) is 32.6. The van der Waals surface area contributed by atoms with E-state index in [1.165, 1.54) is 28.8 Å². The molecule has 2 unspecified atom stereocenters. The van der Waals surface area contributed by atoms with E-state index in [1.54, 1.807) is 7.11 Å². The van der Waals surface area contributed by atoms with Crippen molar-refractivity contribution in [3.8, 4) is 11.5 Å². The number of rotatable bonds is 12. The summed E-state index contributed by atoms with van der Waals surface area (Å²) >= 11 is 0. The van der Waals surface area contributed by atoms with Gasteiger partial charge in [0.2, 0.25) is 0 Å². The zero-order valence-electron chi connectivity index (χ0n) is 27.3. The molecule has 0 saturated carbocycles. The molecule has 45 heavy (non-hydrogen) atoms. The van der Waals surface area contributed by atoms with Crippen LogP contribution in [0.5, 0.6) is 11.5 Å². The summed E-state index contributed by atoms with van der Waals surface area (Å²) < 4.78 is 23.0. The van der Waals surface area contributed by atoms with Crippen molar-refractivity contribution in [3.63, 3.8) is 0 Å². The molecule has 3 aromatic carbocycles. The number of nitrogens with zero attached hydrogens (tertiary/aromatic N) is 1. The number of carbonyl (C=O) groups excluding carboxylic acids is 1. The van der Waals surface area contributed by atoms with Crippen LogP contribution in [0.2, 0.25) is 0 Å². The lowest BCUT2D eigenvalue weighted by Gasteiger charge is -2.40. The first-order valence-corrected chi connectivity index (χ1v) is 16.3. The molecule has 0 radical (unpaired) electrons. The summed E-state index contributed by atoms with van der Waals surface area (Å²) in [4.78, 5) is 14.8. The van der Waals surface area contributed by atoms with E-state index in [1.807, 2.05) is 49.9 Å². The lowest BCUT2D eigenvalue weighted by Crippen LogP contribution is -2.52. The Bertz CT molecular complexity index is 1390. The molecule has 2 aliphatic heterocycles. The number of nitrogens with one attached hydrogen (secondary N) is 2. The molecule has 2 N–H and O–H groups in total. The zero-order valence-corrected chi connectivity index (χ0v) is 27.3. The summed E-state index contributed by atoms with van der Waals surface area (Å²) in [5.74, 6) is 1.95. The van der Waals surface area contributed by atoms with Crippen LogP contribution in [0, 0.1) is 0 Å². The molecular weight excluding hydrogens is 566 g/mol. The Hall–Kier alpha value is -3.75. The van der Waals surface area contributed by atoms with Crippen molar-refractivity contribution in [1.82, 2.24) is 10.2 Å². The number of fused-ring (bicyclic) bond motifs is 1. The van der Waals surface area contributed by atoms with Crippen molar-refractivity contribution in [2.75, 3.05) is 45.3 Å². The Kier molecular flexibility index (Phi) is 11.2. The predicted octanol–water partition coefficient (Wildman–Crippen LogP) is 6.92. The van der Waals surface area contributed by atoms with Gasteiger partial charge in [0.1, 0.15) is 17.1 Å². The van der Waals surface area contributed by atoms with Gasteiger partial charge in [-0.25, -0.2) is 4.79 Å². The smallest absolute Gasteiger partial charge is 0.410 e. The van der Waals surface area contributed by atoms with Gasteiger partial charge in [-0.1, -0.05) is 42.5 Å². The third kappa shape index (κ3) is 9.38. The molecule has 242 valence electrons. The summed E-state index contributed by atoms with van der Waals surface area (Å²) in [6, 6.07) is 23.2. The number of hydrogen-bond donors (Lipinski definition) is 2. The van der Waals surface area contributed by atoms with Crippen LogP contribution in [-0.4, -0.2) is 62.6 Å². The van der Waals surface area contributed by atoms with Crippen LogP contribution < -0.4 is 20.1 Å². The fourth-order valence-electron chi connectivity index (χ4n) is 6.08. The molecule has 0 spiro atoms. The van der Waals surface area contributed by atoms with E-state index in [0.717, 1.165) is 49.4 Å². The average Bonchev–Trinajstić information content (AvgIpc) is 3.05. The number of likely N-dealkylation sites (tertiary alicyclic amines) is 1. The number of ether oxygens (including phenoxy) is 4. The van der Waals surface area contributed by atoms with E-state index in [4.69, 9.17) is 18.9 Å². The number of aryl methyl sites for hydroxylation is 1. The summed E-state index contributed by atoms with van der Waals surface area (Å²) in [6.45, 7) is 10.5. The number of piperidine rings is 1. The maximum absolute atomic E-state index is 13.0. The molecule has 2 heterocycles. The van der Waals surface area contributed by atoms with Crippen LogP contribution >= 0.6 is 0 Å². The Morgan fingerprint density at radius 1 is 1.04 bits per heavy atom. The average molecular weight is 616 g/mol. The van der Waals surface area contributed by atoms with Gasteiger partial charge in [0.05, 0.1) is 26.9 Å². The molecule has 1 saturated heterocycles. The molecule has 1 amide bonds. The van der Waals surface area contributed by atoms with Gasteiger partial charge in [0.15, 0.2) is 0 Å². The van der Waals surface area contributed by atoms with Crippen LogP contribution in [0.15, 0.2) is 66.7 Å². The van der Waals surface area contributed by atoms with Gasteiger partial charge in [-0.05, 0) is 81.0 Å². The lowest BCUT2D eigenvalue weighted by atomic mass is 9.85. The zero-order chi connectivity index (χ0) is 31.6. The highest BCUT2D eigenvalue weighted by molar-refractivity contribution is 5.68. The molecular formula is C37H49N3O5. The third-order valence-corrected chi connectivity index (χ3v) is 8.41. The van der Waals surface area contributed by atoms with Gasteiger partial charge in [-0.2, -0.15) is 0 Å². The Labute approximate surface area is 268 Å². The van der Waals surface area contributed by atoms with Crippen LogP contribution in [0.3, 0.4) is 0 Å². The van der Waals surface area contributed by atoms with Gasteiger partial charge < -0.3 is 34.5 Å². The SMILES string of the molecule is COc1ccccc1COCCCOc1ccc(C2CCN(C(=O)OC(C)(C)C)CC2NCc2ccc3c(c2)NCCC3)cc1. The predicted molar refractivity (Wildman–Crippen MR) is 178 cm³/mol. The van der Waals surface area contributed by atoms with Gasteiger partial charge in [0, 0.05) is 55.8 Å². The summed E-state index contributed by atoms with van der Waals surface area (Å²) in [5.41, 5.74) is 5.64. The second-order valence-corrected chi connectivity index (χ2v) is 13.0. The van der Waals surface area contributed by atoms with E-state index < -0.39 is 5.60 Å². The molecule has 1 fully saturated rings. The largest absolute Gasteiger partial charge is 0.496 e. The standard InChI is InChI=1S/C37H49N3O5/c1-37(2,3)45-36(41)40-20-18-32(34(25-40)39-24-27-12-13-29-10-7-19-38-33(29)23-27)28-14-16-31(17-15-28)44-22-8-21-43-26-30-9-5-6-11-35(30)42-4/h5-6,9,11-17,23,32,34,38-39H,7-8,10,18-22,24-26H2,1-4H3. The van der Waals surface area contributed by atoms with Gasteiger partial charge in [-0.3, -0.25) is 0 Å². The van der Waals surface area contributed by atoms with Gasteiger partial charge in [-0.15, -0.1) is 0 Å². The number of benzene rings is 3. The highest BCUT2D eigenvalue weighted by atomic mass is 16.6. The van der Waals surface area contributed by atoms with Crippen LogP contribution in [0.4, 0.5) is 10.5 Å². The summed E-state index contributed by atoms with van der Waals surface area (Å²) in [5, 5.41) is 7.34. The summed E-state index contributed by atoms with van der Waals surface area (Å²) in [7, 11) is 1.68. The summed E-state index contributed by atoms with van der Waals surface area (Å²) in [6.07, 6.45) is 3.71. The highest BCUT2D eigenvalue weighted by Gasteiger charge is 2.34. The number of para-hydroxylation sites is 1. The third-order valence-electron chi connectivity index (χ3n) is 8.41. The van der Waals surface area contributed by atoms with Crippen LogP contribution in [-0.2, 0) is 29.0 Å². The minimum atomic E-state index is -0.523. The van der Waals surface area contributed by atoms with Crippen LogP contribution in [0.1, 0.15) is 68.2 Å². The van der Waals surface area contributed by atoms with Crippen molar-refractivity contribution in [2.45, 2.75) is 77.2 Å². The molecule has 0 bridgehead atoms. The fraction of sp³-hybridized carbons (Fsp3) is 0.486. The van der Waals surface area contributed by atoms with Crippen molar-refractivity contribution in [1.29, 1.82) is 0 Å². The first-order chi connectivity index (χ1) is 21.8. The lowest BCUT2D eigenvalue weighted by molar-refractivity contribution is 0.0170. The van der Waals surface area contributed by atoms with Crippen LogP contribution in [0.25, 0.3) is 0 Å². The molecule has 2 aliphatic rings. The van der Waals surface area contributed by atoms with Crippen molar-refractivity contribution < 1.29 is 23.7 Å². The van der Waals surface area contributed by atoms with E-state index in [0.29, 0.717) is 32.9 Å². The second kappa shape index (κ2) is 15.5. The minimum absolute atomic E-state index is 0.0856. The van der Waals surface area contributed by atoms with Crippen molar-refractivity contribution in [3.05, 3.63) is 89.0 Å². The van der Waals surface area contributed by atoms with Crippen molar-refractivity contribution >= 4 is 11.8 Å². The number of hydrogen-bond acceptors (Lipinski definition) is 7. The normalized spacial score (nSPS) is 18.1. The first-order valence-electron chi connectivity index (χ1n) is 16.3. The van der Waals surface area contributed by atoms with E-state index in [-0.39, 0.29) is 18.1 Å². The topological polar surface area (TPSA) is 81.3 Å². The molecule has 3 aromatic rings. The Morgan fingerprint density at radius 3 is 2.67 bits per heavy atom. The van der Waals surface area contributed by atoms with E-state index in [9.17, 15) is 4.79 Å². The number of amides is 1. The second-order valence-electron chi connectivity index (χ2n) is 13.0. The quantitative estimate of drug-likeness (QED) is 0.214. The van der Waals surface area contributed by atoms with E-state index >= 15 is 0 Å². The maximum Gasteiger partial charge on any atom is 0.410 e.